The third-order valence-corrected chi connectivity index (χ3v) is 10.5. The van der Waals surface area contributed by atoms with Crippen LogP contribution in [0.25, 0.3) is 28.3 Å². The van der Waals surface area contributed by atoms with Crippen LogP contribution in [0.5, 0.6) is 0 Å². The molecule has 272 valence electrons. The van der Waals surface area contributed by atoms with E-state index in [1.807, 2.05) is 0 Å². The van der Waals surface area contributed by atoms with Crippen LogP contribution in [0.3, 0.4) is 0 Å². The first-order valence-corrected chi connectivity index (χ1v) is 20.7. The number of unbranched alkanes of at least 4 members (excludes halogenated alkanes) is 9. The van der Waals surface area contributed by atoms with Crippen molar-refractivity contribution in [1.29, 1.82) is 0 Å². The molecule has 0 saturated carbocycles. The van der Waals surface area contributed by atoms with Crippen molar-refractivity contribution in [3.63, 3.8) is 0 Å². The van der Waals surface area contributed by atoms with E-state index in [9.17, 15) is 0 Å². The number of hydrogen-bond donors (Lipinski definition) is 0. The highest BCUT2D eigenvalue weighted by Gasteiger charge is 2.15. The highest BCUT2D eigenvalue weighted by molar-refractivity contribution is 6.04. The van der Waals surface area contributed by atoms with Crippen molar-refractivity contribution < 1.29 is 0 Å². The van der Waals surface area contributed by atoms with E-state index in [2.05, 4.69) is 133 Å². The second kappa shape index (κ2) is 22.3. The molecule has 0 fully saturated rings. The predicted octanol–water partition coefficient (Wildman–Crippen LogP) is 15.5. The number of benzene rings is 4. The summed E-state index contributed by atoms with van der Waals surface area (Å²) in [5.41, 5.74) is 16.3. The Labute approximate surface area is 312 Å². The minimum atomic E-state index is 0.904. The molecular formula is C50H67N. The van der Waals surface area contributed by atoms with Crippen LogP contribution in [0.1, 0.15) is 153 Å². The molecule has 0 N–H and O–H groups in total. The number of rotatable bonds is 22. The van der Waals surface area contributed by atoms with Gasteiger partial charge < -0.3 is 0 Å². The van der Waals surface area contributed by atoms with Crippen LogP contribution in [0.2, 0.25) is 0 Å². The second-order valence-electron chi connectivity index (χ2n) is 14.6. The Morgan fingerprint density at radius 2 is 1.12 bits per heavy atom. The van der Waals surface area contributed by atoms with Crippen LogP contribution in [0.4, 0.5) is 5.69 Å². The molecule has 1 heteroatoms. The summed E-state index contributed by atoms with van der Waals surface area (Å²) in [7, 11) is 0. The van der Waals surface area contributed by atoms with Crippen molar-refractivity contribution in [2.45, 2.75) is 151 Å². The van der Waals surface area contributed by atoms with E-state index in [1.54, 1.807) is 11.1 Å². The number of hydrogen-bond acceptors (Lipinski definition) is 1. The summed E-state index contributed by atoms with van der Waals surface area (Å²) in [5, 5.41) is 0. The van der Waals surface area contributed by atoms with Gasteiger partial charge in [-0.1, -0.05) is 165 Å². The maximum Gasteiger partial charge on any atom is 0.0638 e. The molecular weight excluding hydrogens is 615 g/mol. The Kier molecular flexibility index (Phi) is 17.5. The van der Waals surface area contributed by atoms with Crippen molar-refractivity contribution in [3.8, 4) is 22.3 Å². The fraction of sp³-hybridized carbons (Fsp3) is 0.460. The molecule has 4 aromatic carbocycles. The van der Waals surface area contributed by atoms with E-state index in [4.69, 9.17) is 4.99 Å². The van der Waals surface area contributed by atoms with Gasteiger partial charge in [-0.05, 0) is 132 Å². The summed E-state index contributed by atoms with van der Waals surface area (Å²) in [6, 6.07) is 31.8. The molecule has 4 aromatic rings. The van der Waals surface area contributed by atoms with E-state index in [0.717, 1.165) is 37.8 Å². The lowest BCUT2D eigenvalue weighted by Crippen LogP contribution is -2.02. The van der Waals surface area contributed by atoms with Crippen LogP contribution in [-0.4, -0.2) is 5.71 Å². The molecule has 0 aliphatic carbocycles. The normalized spacial score (nSPS) is 12.1. The molecule has 1 nitrogen and oxygen atoms in total. The Morgan fingerprint density at radius 3 is 1.75 bits per heavy atom. The topological polar surface area (TPSA) is 12.4 Å². The van der Waals surface area contributed by atoms with Gasteiger partial charge in [0, 0.05) is 5.71 Å². The first kappa shape index (κ1) is 40.1. The second-order valence-corrected chi connectivity index (χ2v) is 14.6. The zero-order valence-electron chi connectivity index (χ0n) is 33.1. The first-order chi connectivity index (χ1) is 25.0. The average Bonchev–Trinajstić information content (AvgIpc) is 3.16. The quantitative estimate of drug-likeness (QED) is 0.0578. The van der Waals surface area contributed by atoms with E-state index < -0.39 is 0 Å². The third kappa shape index (κ3) is 12.2. The summed E-state index contributed by atoms with van der Waals surface area (Å²) in [4.78, 5) is 5.42. The molecule has 0 aliphatic rings. The minimum absolute atomic E-state index is 0.904. The largest absolute Gasteiger partial charge is 0.253 e. The van der Waals surface area contributed by atoms with Crippen molar-refractivity contribution in [3.05, 3.63) is 118 Å². The van der Waals surface area contributed by atoms with Gasteiger partial charge >= 0.3 is 0 Å². The fourth-order valence-corrected chi connectivity index (χ4v) is 7.63. The standard InChI is InChI=1S/C50H67N/c1-7-12-15-17-18-22-31-44-35-40(36-48(47(44)33-14-9-3)42-27-23-19-24-28-42)34-39(6)49(11-5)51-46-37-41(10-4)50(43-29-25-20-26-30-43)45(38-46)32-21-16-13-8-2/h19-20,23-30,34-38H,7-18,21-22,31-33H2,1-6H3. The summed E-state index contributed by atoms with van der Waals surface area (Å²) in [5.74, 6) is 0. The maximum absolute atomic E-state index is 5.42. The number of nitrogens with zero attached hydrogens (tertiary/aromatic N) is 1. The molecule has 0 aliphatic heterocycles. The van der Waals surface area contributed by atoms with Crippen molar-refractivity contribution in [1.82, 2.24) is 0 Å². The summed E-state index contributed by atoms with van der Waals surface area (Å²) in [6.45, 7) is 13.7. The highest BCUT2D eigenvalue weighted by atomic mass is 14.7. The van der Waals surface area contributed by atoms with Crippen molar-refractivity contribution in [2.75, 3.05) is 0 Å². The van der Waals surface area contributed by atoms with Crippen molar-refractivity contribution >= 4 is 17.5 Å². The molecule has 0 unspecified atom stereocenters. The zero-order chi connectivity index (χ0) is 36.3. The molecule has 0 saturated heterocycles. The maximum atomic E-state index is 5.42. The summed E-state index contributed by atoms with van der Waals surface area (Å²) < 4.78 is 0. The van der Waals surface area contributed by atoms with Gasteiger partial charge in [-0.2, -0.15) is 0 Å². The molecule has 4 rings (SSSR count). The lowest BCUT2D eigenvalue weighted by Gasteiger charge is -2.18. The lowest BCUT2D eigenvalue weighted by atomic mass is 9.87. The predicted molar refractivity (Wildman–Crippen MR) is 228 cm³/mol. The molecule has 0 atom stereocenters. The van der Waals surface area contributed by atoms with Crippen LogP contribution in [0, 0.1) is 0 Å². The lowest BCUT2D eigenvalue weighted by molar-refractivity contribution is 0.606. The van der Waals surface area contributed by atoms with Crippen LogP contribution >= 0.6 is 0 Å². The SMILES string of the molecule is CCCCCCCCc1cc(C=C(C)C(CC)=Nc2cc(CC)c(-c3ccccc3)c(CCCCCC)c2)cc(-c2ccccc2)c1CCCC. The van der Waals surface area contributed by atoms with E-state index in [-0.39, 0.29) is 0 Å². The van der Waals surface area contributed by atoms with Gasteiger partial charge in [0.15, 0.2) is 0 Å². The van der Waals surface area contributed by atoms with E-state index in [1.165, 1.54) is 127 Å². The third-order valence-electron chi connectivity index (χ3n) is 10.5. The molecule has 0 spiro atoms. The van der Waals surface area contributed by atoms with Gasteiger partial charge in [-0.25, -0.2) is 0 Å². The van der Waals surface area contributed by atoms with Gasteiger partial charge in [0.05, 0.1) is 5.69 Å². The molecule has 0 amide bonds. The Balaban J connectivity index is 1.75. The molecule has 0 radical (unpaired) electrons. The van der Waals surface area contributed by atoms with Gasteiger partial charge in [-0.3, -0.25) is 4.99 Å². The van der Waals surface area contributed by atoms with E-state index >= 15 is 0 Å². The molecule has 0 heterocycles. The van der Waals surface area contributed by atoms with Crippen LogP contribution < -0.4 is 0 Å². The highest BCUT2D eigenvalue weighted by Crippen LogP contribution is 2.35. The summed E-state index contributed by atoms with van der Waals surface area (Å²) in [6.07, 6.45) is 23.2. The molecule has 51 heavy (non-hydrogen) atoms. The average molecular weight is 682 g/mol. The van der Waals surface area contributed by atoms with Gasteiger partial charge in [-0.15, -0.1) is 0 Å². The fourth-order valence-electron chi connectivity index (χ4n) is 7.63. The van der Waals surface area contributed by atoms with E-state index in [0.29, 0.717) is 0 Å². The molecule has 0 bridgehead atoms. The number of allylic oxidation sites excluding steroid dienone is 1. The van der Waals surface area contributed by atoms with Gasteiger partial charge in [0.1, 0.15) is 0 Å². The van der Waals surface area contributed by atoms with Crippen molar-refractivity contribution in [2.24, 2.45) is 4.99 Å². The number of aryl methyl sites for hydroxylation is 3. The first-order valence-electron chi connectivity index (χ1n) is 20.7. The van der Waals surface area contributed by atoms with Crippen LogP contribution in [-0.2, 0) is 25.7 Å². The smallest absolute Gasteiger partial charge is 0.0638 e. The number of aliphatic imine (C=N–C) groups is 1. The zero-order valence-corrected chi connectivity index (χ0v) is 33.1. The van der Waals surface area contributed by atoms with Crippen LogP contribution in [0.15, 0.2) is 95.5 Å². The Morgan fingerprint density at radius 1 is 0.549 bits per heavy atom. The van der Waals surface area contributed by atoms with Gasteiger partial charge in [0.2, 0.25) is 0 Å². The Bertz CT molecular complexity index is 1660. The molecule has 0 aromatic heterocycles. The monoisotopic (exact) mass is 682 g/mol. The summed E-state index contributed by atoms with van der Waals surface area (Å²) >= 11 is 0. The Hall–Kier alpha value is -3.71. The minimum Gasteiger partial charge on any atom is -0.253 e. The van der Waals surface area contributed by atoms with Gasteiger partial charge in [0.25, 0.3) is 0 Å².